The summed E-state index contributed by atoms with van der Waals surface area (Å²) < 4.78 is 5.41. The van der Waals surface area contributed by atoms with Crippen molar-refractivity contribution in [2.24, 2.45) is 5.92 Å². The van der Waals surface area contributed by atoms with Gasteiger partial charge in [0.1, 0.15) is 0 Å². The van der Waals surface area contributed by atoms with E-state index >= 15 is 0 Å². The Balaban J connectivity index is 1.19. The van der Waals surface area contributed by atoms with Gasteiger partial charge in [0.25, 0.3) is 0 Å². The van der Waals surface area contributed by atoms with Gasteiger partial charge in [-0.2, -0.15) is 4.98 Å². The summed E-state index contributed by atoms with van der Waals surface area (Å²) in [5.74, 6) is 1.21. The molecule has 1 fully saturated rings. The van der Waals surface area contributed by atoms with E-state index in [1.807, 2.05) is 18.2 Å². The standard InChI is InChI=1S/C24H26Cl2N4O2/c25-19-8-9-20(21(26)15-19)23-28-22(32-29-23)16-30-13-10-18(11-14-30)24(31)27-12-4-7-17-5-2-1-3-6-17/h1-3,5-6,8-9,15,18H,4,7,10-14,16H2,(H,27,31). The summed E-state index contributed by atoms with van der Waals surface area (Å²) >= 11 is 12.2. The van der Waals surface area contributed by atoms with Crippen molar-refractivity contribution in [1.82, 2.24) is 20.4 Å². The Bertz CT molecular complexity index is 1030. The highest BCUT2D eigenvalue weighted by Crippen LogP contribution is 2.28. The van der Waals surface area contributed by atoms with Crippen LogP contribution in [0.2, 0.25) is 10.0 Å². The zero-order valence-electron chi connectivity index (χ0n) is 17.8. The van der Waals surface area contributed by atoms with Gasteiger partial charge in [-0.1, -0.05) is 58.7 Å². The van der Waals surface area contributed by atoms with Crippen molar-refractivity contribution in [3.63, 3.8) is 0 Å². The zero-order chi connectivity index (χ0) is 22.3. The Kier molecular flexibility index (Phi) is 7.79. The van der Waals surface area contributed by atoms with Crippen molar-refractivity contribution in [1.29, 1.82) is 0 Å². The number of hydrogen-bond donors (Lipinski definition) is 1. The molecule has 168 valence electrons. The van der Waals surface area contributed by atoms with E-state index in [2.05, 4.69) is 32.5 Å². The molecule has 0 saturated carbocycles. The van der Waals surface area contributed by atoms with Crippen LogP contribution in [0, 0.1) is 5.92 Å². The fourth-order valence-electron chi connectivity index (χ4n) is 3.94. The fourth-order valence-corrected chi connectivity index (χ4v) is 4.43. The van der Waals surface area contributed by atoms with Gasteiger partial charge < -0.3 is 9.84 Å². The molecule has 0 unspecified atom stereocenters. The van der Waals surface area contributed by atoms with Gasteiger partial charge in [-0.15, -0.1) is 0 Å². The van der Waals surface area contributed by atoms with E-state index in [0.717, 1.165) is 38.8 Å². The molecule has 3 aromatic rings. The van der Waals surface area contributed by atoms with E-state index in [0.29, 0.717) is 40.4 Å². The molecule has 4 rings (SSSR count). The summed E-state index contributed by atoms with van der Waals surface area (Å²) in [5.41, 5.74) is 1.99. The predicted molar refractivity (Wildman–Crippen MR) is 126 cm³/mol. The third-order valence-corrected chi connectivity index (χ3v) is 6.29. The van der Waals surface area contributed by atoms with Crippen LogP contribution in [0.3, 0.4) is 0 Å². The summed E-state index contributed by atoms with van der Waals surface area (Å²) in [6, 6.07) is 15.5. The Hall–Kier alpha value is -2.41. The molecule has 1 N–H and O–H groups in total. The van der Waals surface area contributed by atoms with Crippen molar-refractivity contribution >= 4 is 29.1 Å². The summed E-state index contributed by atoms with van der Waals surface area (Å²) in [6.07, 6.45) is 3.59. The van der Waals surface area contributed by atoms with Crippen LogP contribution in [0.25, 0.3) is 11.4 Å². The molecule has 2 aromatic carbocycles. The maximum absolute atomic E-state index is 12.5. The quantitative estimate of drug-likeness (QED) is 0.466. The van der Waals surface area contributed by atoms with Crippen LogP contribution in [0.1, 0.15) is 30.7 Å². The molecule has 6 nitrogen and oxygen atoms in total. The molecule has 32 heavy (non-hydrogen) atoms. The molecule has 1 amide bonds. The molecule has 1 aliphatic rings. The molecule has 0 spiro atoms. The minimum atomic E-state index is 0.0640. The van der Waals surface area contributed by atoms with Crippen molar-refractivity contribution in [2.45, 2.75) is 32.2 Å². The topological polar surface area (TPSA) is 71.3 Å². The van der Waals surface area contributed by atoms with Crippen molar-refractivity contribution in [3.8, 4) is 11.4 Å². The van der Waals surface area contributed by atoms with Gasteiger partial charge in [0, 0.05) is 23.0 Å². The lowest BCUT2D eigenvalue weighted by atomic mass is 9.96. The minimum Gasteiger partial charge on any atom is -0.356 e. The van der Waals surface area contributed by atoms with E-state index in [-0.39, 0.29) is 11.8 Å². The minimum absolute atomic E-state index is 0.0640. The molecule has 1 saturated heterocycles. The predicted octanol–water partition coefficient (Wildman–Crippen LogP) is 5.00. The van der Waals surface area contributed by atoms with E-state index < -0.39 is 0 Å². The second-order valence-corrected chi connectivity index (χ2v) is 8.91. The van der Waals surface area contributed by atoms with E-state index in [1.165, 1.54) is 5.56 Å². The number of aromatic nitrogens is 2. The third kappa shape index (κ3) is 6.09. The maximum Gasteiger partial charge on any atom is 0.241 e. The van der Waals surface area contributed by atoms with Crippen LogP contribution in [-0.2, 0) is 17.8 Å². The lowest BCUT2D eigenvalue weighted by molar-refractivity contribution is -0.126. The number of carbonyl (C=O) groups excluding carboxylic acids is 1. The van der Waals surface area contributed by atoms with Gasteiger partial charge in [0.15, 0.2) is 0 Å². The molecule has 0 bridgehead atoms. The average Bonchev–Trinajstić information content (AvgIpc) is 3.26. The zero-order valence-corrected chi connectivity index (χ0v) is 19.3. The highest BCUT2D eigenvalue weighted by Gasteiger charge is 2.26. The molecule has 1 aromatic heterocycles. The fraction of sp³-hybridized carbons (Fsp3) is 0.375. The van der Waals surface area contributed by atoms with Crippen LogP contribution in [0.4, 0.5) is 0 Å². The van der Waals surface area contributed by atoms with Gasteiger partial charge in [-0.05, 0) is 62.5 Å². The van der Waals surface area contributed by atoms with Crippen molar-refractivity contribution in [3.05, 3.63) is 70.0 Å². The first kappa shape index (κ1) is 22.8. The van der Waals surface area contributed by atoms with Crippen LogP contribution in [-0.4, -0.2) is 40.6 Å². The number of hydrogen-bond acceptors (Lipinski definition) is 5. The van der Waals surface area contributed by atoms with Gasteiger partial charge in [-0.3, -0.25) is 9.69 Å². The maximum atomic E-state index is 12.5. The molecule has 2 heterocycles. The first-order valence-electron chi connectivity index (χ1n) is 10.9. The lowest BCUT2D eigenvalue weighted by Gasteiger charge is -2.30. The van der Waals surface area contributed by atoms with E-state index in [9.17, 15) is 4.79 Å². The normalized spacial score (nSPS) is 15.1. The lowest BCUT2D eigenvalue weighted by Crippen LogP contribution is -2.40. The van der Waals surface area contributed by atoms with E-state index in [1.54, 1.807) is 18.2 Å². The van der Waals surface area contributed by atoms with Crippen molar-refractivity contribution < 1.29 is 9.32 Å². The highest BCUT2D eigenvalue weighted by molar-refractivity contribution is 6.36. The van der Waals surface area contributed by atoms with Crippen LogP contribution in [0.15, 0.2) is 53.1 Å². The van der Waals surface area contributed by atoms with Gasteiger partial charge in [-0.25, -0.2) is 0 Å². The molecule has 1 aliphatic heterocycles. The number of nitrogens with one attached hydrogen (secondary N) is 1. The first-order chi connectivity index (χ1) is 15.6. The first-order valence-corrected chi connectivity index (χ1v) is 11.7. The highest BCUT2D eigenvalue weighted by atomic mass is 35.5. The second kappa shape index (κ2) is 10.9. The Morgan fingerprint density at radius 2 is 1.91 bits per heavy atom. The molecule has 0 aliphatic carbocycles. The van der Waals surface area contributed by atoms with E-state index in [4.69, 9.17) is 27.7 Å². The summed E-state index contributed by atoms with van der Waals surface area (Å²) in [4.78, 5) is 19.2. The number of carbonyl (C=O) groups is 1. The number of amides is 1. The van der Waals surface area contributed by atoms with Crippen molar-refractivity contribution in [2.75, 3.05) is 19.6 Å². The largest absolute Gasteiger partial charge is 0.356 e. The Morgan fingerprint density at radius 1 is 1.12 bits per heavy atom. The molecule has 8 heteroatoms. The number of halogens is 2. The molecule has 0 radical (unpaired) electrons. The molecule has 0 atom stereocenters. The Labute approximate surface area is 197 Å². The monoisotopic (exact) mass is 472 g/mol. The Morgan fingerprint density at radius 3 is 2.66 bits per heavy atom. The van der Waals surface area contributed by atoms with Crippen LogP contribution < -0.4 is 5.32 Å². The second-order valence-electron chi connectivity index (χ2n) is 8.07. The average molecular weight is 473 g/mol. The van der Waals surface area contributed by atoms with Gasteiger partial charge in [0.05, 0.1) is 11.6 Å². The number of piperidine rings is 1. The number of aryl methyl sites for hydroxylation is 1. The molecular formula is C24H26Cl2N4O2. The number of benzene rings is 2. The summed E-state index contributed by atoms with van der Waals surface area (Å²) in [5, 5.41) is 8.19. The SMILES string of the molecule is O=C(NCCCc1ccccc1)C1CCN(Cc2nc(-c3ccc(Cl)cc3Cl)no2)CC1. The third-order valence-electron chi connectivity index (χ3n) is 5.74. The van der Waals surface area contributed by atoms with Crippen LogP contribution in [0.5, 0.6) is 0 Å². The summed E-state index contributed by atoms with van der Waals surface area (Å²) in [7, 11) is 0. The number of likely N-dealkylation sites (tertiary alicyclic amines) is 1. The number of nitrogens with zero attached hydrogens (tertiary/aromatic N) is 3. The van der Waals surface area contributed by atoms with Crippen LogP contribution >= 0.6 is 23.2 Å². The smallest absolute Gasteiger partial charge is 0.241 e. The van der Waals surface area contributed by atoms with Gasteiger partial charge >= 0.3 is 0 Å². The van der Waals surface area contributed by atoms with Gasteiger partial charge in [0.2, 0.25) is 17.6 Å². The molecular weight excluding hydrogens is 447 g/mol. The summed E-state index contributed by atoms with van der Waals surface area (Å²) in [6.45, 7) is 2.92. The number of rotatable bonds is 8.